The molecule has 5 nitrogen and oxygen atoms in total. The van der Waals surface area contributed by atoms with Gasteiger partial charge in [0.2, 0.25) is 5.03 Å². The van der Waals surface area contributed by atoms with Gasteiger partial charge in [-0.2, -0.15) is 4.31 Å². The van der Waals surface area contributed by atoms with Gasteiger partial charge in [-0.25, -0.2) is 13.4 Å². The van der Waals surface area contributed by atoms with E-state index in [9.17, 15) is 8.42 Å². The molecule has 2 aliphatic carbocycles. The van der Waals surface area contributed by atoms with Crippen LogP contribution in [0.5, 0.6) is 0 Å². The Hall–Kier alpha value is -1.66. The molecule has 1 aromatic carbocycles. The molecule has 1 aromatic heterocycles. The van der Waals surface area contributed by atoms with Crippen LogP contribution in [0.2, 0.25) is 0 Å². The number of sulfonamides is 1. The average molecular weight is 346 g/mol. The SMILES string of the molecule is Cc1nc(S(=O)(=O)N(C)C(C2CC2)C2CC2)c(-c2ccccc2)o1. The van der Waals surface area contributed by atoms with Crippen molar-refractivity contribution in [3.8, 4) is 11.3 Å². The fraction of sp³-hybridized carbons (Fsp3) is 0.500. The Bertz CT molecular complexity index is 824. The lowest BCUT2D eigenvalue weighted by atomic mass is 10.1. The molecule has 2 aromatic rings. The van der Waals surface area contributed by atoms with Gasteiger partial charge < -0.3 is 4.42 Å². The first-order valence-electron chi connectivity index (χ1n) is 8.49. The lowest BCUT2D eigenvalue weighted by molar-refractivity contribution is 0.301. The normalized spacial score (nSPS) is 18.5. The fourth-order valence-electron chi connectivity index (χ4n) is 3.51. The number of nitrogens with zero attached hydrogens (tertiary/aromatic N) is 2. The number of hydrogen-bond acceptors (Lipinski definition) is 4. The van der Waals surface area contributed by atoms with Crippen LogP contribution in [0, 0.1) is 18.8 Å². The molecule has 24 heavy (non-hydrogen) atoms. The zero-order chi connectivity index (χ0) is 16.9. The van der Waals surface area contributed by atoms with Crippen LogP contribution in [0.4, 0.5) is 0 Å². The van der Waals surface area contributed by atoms with E-state index in [-0.39, 0.29) is 11.1 Å². The highest BCUT2D eigenvalue weighted by atomic mass is 32.2. The van der Waals surface area contributed by atoms with E-state index in [0.717, 1.165) is 31.2 Å². The highest BCUT2D eigenvalue weighted by Gasteiger charge is 2.48. The van der Waals surface area contributed by atoms with Gasteiger partial charge in [0.15, 0.2) is 11.7 Å². The summed E-state index contributed by atoms with van der Waals surface area (Å²) in [6.45, 7) is 1.69. The van der Waals surface area contributed by atoms with Crippen molar-refractivity contribution in [1.82, 2.24) is 9.29 Å². The molecule has 0 atom stereocenters. The minimum Gasteiger partial charge on any atom is -0.440 e. The maximum atomic E-state index is 13.2. The summed E-state index contributed by atoms with van der Waals surface area (Å²) in [5.74, 6) is 1.72. The summed E-state index contributed by atoms with van der Waals surface area (Å²) in [5.41, 5.74) is 0.736. The second kappa shape index (κ2) is 5.70. The van der Waals surface area contributed by atoms with Gasteiger partial charge in [0, 0.05) is 25.6 Å². The van der Waals surface area contributed by atoms with Gasteiger partial charge in [0.1, 0.15) is 0 Å². The van der Waals surface area contributed by atoms with Gasteiger partial charge in [0.25, 0.3) is 10.0 Å². The van der Waals surface area contributed by atoms with E-state index in [2.05, 4.69) is 4.98 Å². The number of aryl methyl sites for hydroxylation is 1. The smallest absolute Gasteiger partial charge is 0.264 e. The molecule has 0 spiro atoms. The van der Waals surface area contributed by atoms with Crippen molar-refractivity contribution in [3.63, 3.8) is 0 Å². The molecule has 0 aliphatic heterocycles. The number of aromatic nitrogens is 1. The van der Waals surface area contributed by atoms with Gasteiger partial charge in [-0.05, 0) is 37.5 Å². The molecule has 0 amide bonds. The maximum absolute atomic E-state index is 13.2. The molecule has 0 unspecified atom stereocenters. The molecular formula is C18H22N2O3S. The van der Waals surface area contributed by atoms with Gasteiger partial charge in [-0.1, -0.05) is 30.3 Å². The molecule has 4 rings (SSSR count). The van der Waals surface area contributed by atoms with Gasteiger partial charge >= 0.3 is 0 Å². The van der Waals surface area contributed by atoms with Crippen LogP contribution in [0.15, 0.2) is 39.8 Å². The van der Waals surface area contributed by atoms with Crippen LogP contribution in [-0.2, 0) is 10.0 Å². The summed E-state index contributed by atoms with van der Waals surface area (Å²) < 4.78 is 33.7. The Morgan fingerprint density at radius 2 is 1.71 bits per heavy atom. The van der Waals surface area contributed by atoms with Crippen LogP contribution in [0.25, 0.3) is 11.3 Å². The number of benzene rings is 1. The molecule has 2 fully saturated rings. The predicted octanol–water partition coefficient (Wildman–Crippen LogP) is 3.46. The topological polar surface area (TPSA) is 63.4 Å². The molecule has 0 saturated heterocycles. The number of hydrogen-bond donors (Lipinski definition) is 0. The molecule has 0 N–H and O–H groups in total. The van der Waals surface area contributed by atoms with Crippen LogP contribution < -0.4 is 0 Å². The predicted molar refractivity (Wildman–Crippen MR) is 90.9 cm³/mol. The minimum absolute atomic E-state index is 0.0417. The van der Waals surface area contributed by atoms with Gasteiger partial charge in [-0.15, -0.1) is 0 Å². The molecule has 128 valence electrons. The zero-order valence-electron chi connectivity index (χ0n) is 14.0. The molecule has 1 heterocycles. The van der Waals surface area contributed by atoms with Crippen molar-refractivity contribution in [2.75, 3.05) is 7.05 Å². The van der Waals surface area contributed by atoms with E-state index in [1.165, 1.54) is 0 Å². The third kappa shape index (κ3) is 2.78. The highest BCUT2D eigenvalue weighted by molar-refractivity contribution is 7.89. The summed E-state index contributed by atoms with van der Waals surface area (Å²) in [6.07, 6.45) is 4.52. The third-order valence-corrected chi connectivity index (χ3v) is 6.76. The van der Waals surface area contributed by atoms with Crippen molar-refractivity contribution in [2.45, 2.75) is 43.7 Å². The summed E-state index contributed by atoms with van der Waals surface area (Å²) in [5, 5.41) is 0.0417. The summed E-state index contributed by atoms with van der Waals surface area (Å²) in [4.78, 5) is 4.23. The summed E-state index contributed by atoms with van der Waals surface area (Å²) >= 11 is 0. The molecule has 2 saturated carbocycles. The standard InChI is InChI=1S/C18H22N2O3S/c1-12-19-18(17(23-12)15-6-4-3-5-7-15)24(21,22)20(2)16(13-8-9-13)14-10-11-14/h3-7,13-14,16H,8-11H2,1-2H3. The lowest BCUT2D eigenvalue weighted by Gasteiger charge is -2.27. The second-order valence-corrected chi connectivity index (χ2v) is 8.83. The van der Waals surface area contributed by atoms with Crippen LogP contribution in [0.3, 0.4) is 0 Å². The Morgan fingerprint density at radius 1 is 1.12 bits per heavy atom. The quantitative estimate of drug-likeness (QED) is 0.803. The molecular weight excluding hydrogens is 324 g/mol. The minimum atomic E-state index is -3.68. The van der Waals surface area contributed by atoms with Crippen molar-refractivity contribution in [2.24, 2.45) is 11.8 Å². The van der Waals surface area contributed by atoms with E-state index in [0.29, 0.717) is 23.5 Å². The Kier molecular flexibility index (Phi) is 3.77. The largest absolute Gasteiger partial charge is 0.440 e. The van der Waals surface area contributed by atoms with Crippen molar-refractivity contribution < 1.29 is 12.8 Å². The molecule has 0 bridgehead atoms. The maximum Gasteiger partial charge on any atom is 0.264 e. The number of oxazole rings is 1. The Balaban J connectivity index is 1.74. The zero-order valence-corrected chi connectivity index (χ0v) is 14.8. The van der Waals surface area contributed by atoms with E-state index in [1.54, 1.807) is 18.3 Å². The summed E-state index contributed by atoms with van der Waals surface area (Å²) in [7, 11) is -1.97. The second-order valence-electron chi connectivity index (χ2n) is 6.92. The molecule has 0 radical (unpaired) electrons. The lowest BCUT2D eigenvalue weighted by Crippen LogP contribution is -2.40. The third-order valence-electron chi connectivity index (χ3n) is 4.99. The summed E-state index contributed by atoms with van der Waals surface area (Å²) in [6, 6.07) is 9.42. The van der Waals surface area contributed by atoms with Gasteiger partial charge in [0.05, 0.1) is 0 Å². The van der Waals surface area contributed by atoms with Crippen molar-refractivity contribution >= 4 is 10.0 Å². The first kappa shape index (κ1) is 15.8. The van der Waals surface area contributed by atoms with Crippen LogP contribution in [-0.4, -0.2) is 30.8 Å². The molecule has 2 aliphatic rings. The Labute approximate surface area is 142 Å². The van der Waals surface area contributed by atoms with Crippen molar-refractivity contribution in [3.05, 3.63) is 36.2 Å². The first-order valence-corrected chi connectivity index (χ1v) is 9.93. The average Bonchev–Trinajstić information content (AvgIpc) is 3.49. The van der Waals surface area contributed by atoms with E-state index in [4.69, 9.17) is 4.42 Å². The highest BCUT2D eigenvalue weighted by Crippen LogP contribution is 2.48. The van der Waals surface area contributed by atoms with Crippen LogP contribution >= 0.6 is 0 Å². The van der Waals surface area contributed by atoms with E-state index in [1.807, 2.05) is 30.3 Å². The monoisotopic (exact) mass is 346 g/mol. The number of rotatable bonds is 6. The van der Waals surface area contributed by atoms with E-state index >= 15 is 0 Å². The first-order chi connectivity index (χ1) is 11.5. The fourth-order valence-corrected chi connectivity index (χ4v) is 5.08. The van der Waals surface area contributed by atoms with Gasteiger partial charge in [-0.3, -0.25) is 0 Å². The molecule has 6 heteroatoms. The van der Waals surface area contributed by atoms with Crippen LogP contribution in [0.1, 0.15) is 31.6 Å². The Morgan fingerprint density at radius 3 is 2.25 bits per heavy atom. The van der Waals surface area contributed by atoms with E-state index < -0.39 is 10.0 Å². The van der Waals surface area contributed by atoms with Crippen molar-refractivity contribution in [1.29, 1.82) is 0 Å².